The van der Waals surface area contributed by atoms with Gasteiger partial charge in [0.05, 0.1) is 5.37 Å². The van der Waals surface area contributed by atoms with Crippen LogP contribution in [0, 0.1) is 0 Å². The van der Waals surface area contributed by atoms with Crippen molar-refractivity contribution in [3.8, 4) is 0 Å². The minimum atomic E-state index is -4.45. The number of aromatic nitrogens is 2. The molecule has 0 bridgehead atoms. The molecular weight excluding hydrogens is 215 g/mol. The van der Waals surface area contributed by atoms with Crippen LogP contribution in [0.2, 0.25) is 0 Å². The van der Waals surface area contributed by atoms with Gasteiger partial charge in [-0.15, -0.1) is 0 Å². The Kier molecular flexibility index (Phi) is 3.20. The Labute approximate surface area is 84.2 Å². The number of nitrogens with one attached hydrogen (secondary N) is 1. The lowest BCUT2D eigenvalue weighted by Gasteiger charge is -2.09. The average molecular weight is 223 g/mol. The summed E-state index contributed by atoms with van der Waals surface area (Å²) in [4.78, 5) is 6.91. The van der Waals surface area contributed by atoms with E-state index in [2.05, 4.69) is 27.9 Å². The van der Waals surface area contributed by atoms with Gasteiger partial charge in [-0.2, -0.15) is 25.8 Å². The van der Waals surface area contributed by atoms with Gasteiger partial charge >= 0.3 is 6.18 Å². The van der Waals surface area contributed by atoms with Crippen LogP contribution in [-0.4, -0.2) is 15.3 Å². The molecule has 0 aromatic carbocycles. The Balaban J connectivity index is 2.90. The number of halogens is 3. The van der Waals surface area contributed by atoms with Crippen LogP contribution in [0.4, 0.5) is 19.1 Å². The highest BCUT2D eigenvalue weighted by Crippen LogP contribution is 2.27. The molecule has 7 heteroatoms. The van der Waals surface area contributed by atoms with Gasteiger partial charge in [0.25, 0.3) is 0 Å². The Hall–Kier alpha value is -0.980. The largest absolute Gasteiger partial charge is 0.433 e. The molecule has 1 heterocycles. The predicted molar refractivity (Wildman–Crippen MR) is 49.1 cm³/mol. The molecule has 0 aliphatic rings. The highest BCUT2D eigenvalue weighted by Gasteiger charge is 2.32. The molecule has 1 unspecified atom stereocenters. The molecule has 0 radical (unpaired) electrons. The maximum Gasteiger partial charge on any atom is 0.433 e. The molecule has 1 atom stereocenters. The van der Waals surface area contributed by atoms with Crippen molar-refractivity contribution < 1.29 is 13.2 Å². The fraction of sp³-hybridized carbons (Fsp3) is 0.429. The van der Waals surface area contributed by atoms with Gasteiger partial charge in [0, 0.05) is 6.20 Å². The van der Waals surface area contributed by atoms with E-state index in [1.807, 2.05) is 0 Å². The Morgan fingerprint density at radius 3 is 2.64 bits per heavy atom. The molecule has 0 saturated heterocycles. The molecule has 0 fully saturated rings. The van der Waals surface area contributed by atoms with Gasteiger partial charge in [-0.3, -0.25) is 0 Å². The molecule has 0 aliphatic heterocycles. The predicted octanol–water partition coefficient (Wildman–Crippen LogP) is 2.18. The fourth-order valence-electron chi connectivity index (χ4n) is 0.773. The number of thiol groups is 1. The van der Waals surface area contributed by atoms with Gasteiger partial charge in [0.15, 0.2) is 0 Å². The highest BCUT2D eigenvalue weighted by molar-refractivity contribution is 7.81. The van der Waals surface area contributed by atoms with Crippen LogP contribution in [0.1, 0.15) is 12.6 Å². The average Bonchev–Trinajstić information content (AvgIpc) is 2.01. The second-order valence-corrected chi connectivity index (χ2v) is 3.36. The molecule has 78 valence electrons. The SMILES string of the molecule is CC(S)Nc1nccc(C(F)(F)F)n1. The summed E-state index contributed by atoms with van der Waals surface area (Å²) in [5, 5.41) is 2.25. The maximum absolute atomic E-state index is 12.2. The molecule has 14 heavy (non-hydrogen) atoms. The van der Waals surface area contributed by atoms with E-state index in [1.54, 1.807) is 6.92 Å². The van der Waals surface area contributed by atoms with Crippen LogP contribution < -0.4 is 5.32 Å². The zero-order valence-electron chi connectivity index (χ0n) is 7.21. The third kappa shape index (κ3) is 3.06. The number of alkyl halides is 3. The summed E-state index contributed by atoms with van der Waals surface area (Å²) >= 11 is 3.94. The fourth-order valence-corrected chi connectivity index (χ4v) is 0.888. The van der Waals surface area contributed by atoms with Crippen LogP contribution in [0.15, 0.2) is 12.3 Å². The molecule has 1 N–H and O–H groups in total. The number of hydrogen-bond donors (Lipinski definition) is 2. The van der Waals surface area contributed by atoms with Gasteiger partial charge in [-0.05, 0) is 13.0 Å². The molecule has 0 amide bonds. The lowest BCUT2D eigenvalue weighted by molar-refractivity contribution is -0.141. The third-order valence-electron chi connectivity index (χ3n) is 1.28. The molecule has 0 spiro atoms. The van der Waals surface area contributed by atoms with Crippen molar-refractivity contribution in [2.45, 2.75) is 18.5 Å². The lowest BCUT2D eigenvalue weighted by atomic mass is 10.4. The van der Waals surface area contributed by atoms with E-state index in [4.69, 9.17) is 0 Å². The number of nitrogens with zero attached hydrogens (tertiary/aromatic N) is 2. The summed E-state index contributed by atoms with van der Waals surface area (Å²) in [5.74, 6) is -0.0812. The van der Waals surface area contributed by atoms with Crippen LogP contribution in [-0.2, 0) is 6.18 Å². The monoisotopic (exact) mass is 223 g/mol. The van der Waals surface area contributed by atoms with Crippen LogP contribution in [0.5, 0.6) is 0 Å². The van der Waals surface area contributed by atoms with Crippen molar-refractivity contribution in [1.82, 2.24) is 9.97 Å². The molecule has 0 aliphatic carbocycles. The molecule has 3 nitrogen and oxygen atoms in total. The molecule has 1 aromatic rings. The smallest absolute Gasteiger partial charge is 0.343 e. The minimum absolute atomic E-state index is 0.0812. The first-order chi connectivity index (χ1) is 6.39. The standard InChI is InChI=1S/C7H8F3N3S/c1-4(14)12-6-11-3-2-5(13-6)7(8,9)10/h2-4,14H,1H3,(H,11,12,13). The normalized spacial score (nSPS) is 13.8. The zero-order chi connectivity index (χ0) is 10.8. The third-order valence-corrected chi connectivity index (χ3v) is 1.41. The van der Waals surface area contributed by atoms with Crippen LogP contribution in [0.25, 0.3) is 0 Å². The van der Waals surface area contributed by atoms with E-state index < -0.39 is 11.9 Å². The molecular formula is C7H8F3N3S. The van der Waals surface area contributed by atoms with Crippen molar-refractivity contribution in [2.75, 3.05) is 5.32 Å². The summed E-state index contributed by atoms with van der Waals surface area (Å²) in [7, 11) is 0. The van der Waals surface area contributed by atoms with Crippen molar-refractivity contribution in [1.29, 1.82) is 0 Å². The van der Waals surface area contributed by atoms with Gasteiger partial charge in [-0.25, -0.2) is 9.97 Å². The van der Waals surface area contributed by atoms with Crippen molar-refractivity contribution in [2.24, 2.45) is 0 Å². The lowest BCUT2D eigenvalue weighted by Crippen LogP contribution is -2.14. The Bertz CT molecular complexity index is 313. The first-order valence-corrected chi connectivity index (χ1v) is 4.26. The van der Waals surface area contributed by atoms with E-state index in [9.17, 15) is 13.2 Å². The highest BCUT2D eigenvalue weighted by atomic mass is 32.1. The van der Waals surface area contributed by atoms with Gasteiger partial charge in [0.1, 0.15) is 5.69 Å². The van der Waals surface area contributed by atoms with E-state index in [0.29, 0.717) is 0 Å². The van der Waals surface area contributed by atoms with E-state index in [0.717, 1.165) is 12.3 Å². The molecule has 1 aromatic heterocycles. The number of hydrogen-bond acceptors (Lipinski definition) is 4. The summed E-state index contributed by atoms with van der Waals surface area (Å²) < 4.78 is 36.5. The van der Waals surface area contributed by atoms with E-state index in [-0.39, 0.29) is 11.3 Å². The van der Waals surface area contributed by atoms with E-state index in [1.165, 1.54) is 0 Å². The first kappa shape index (κ1) is 11.1. The number of anilines is 1. The number of rotatable bonds is 2. The van der Waals surface area contributed by atoms with Crippen LogP contribution >= 0.6 is 12.6 Å². The van der Waals surface area contributed by atoms with Gasteiger partial charge in [0.2, 0.25) is 5.95 Å². The van der Waals surface area contributed by atoms with Gasteiger partial charge in [-0.1, -0.05) is 0 Å². The molecule has 0 saturated carbocycles. The molecule has 1 rings (SSSR count). The summed E-state index contributed by atoms with van der Waals surface area (Å²) in [6, 6.07) is 0.814. The zero-order valence-corrected chi connectivity index (χ0v) is 8.10. The summed E-state index contributed by atoms with van der Waals surface area (Å²) in [6.07, 6.45) is -3.40. The van der Waals surface area contributed by atoms with E-state index >= 15 is 0 Å². The van der Waals surface area contributed by atoms with Crippen molar-refractivity contribution in [3.63, 3.8) is 0 Å². The second kappa shape index (κ2) is 4.04. The Morgan fingerprint density at radius 1 is 1.50 bits per heavy atom. The summed E-state index contributed by atoms with van der Waals surface area (Å²) in [5.41, 5.74) is -0.969. The topological polar surface area (TPSA) is 37.8 Å². The minimum Gasteiger partial charge on any atom is -0.343 e. The maximum atomic E-state index is 12.2. The second-order valence-electron chi connectivity index (χ2n) is 2.58. The quantitative estimate of drug-likeness (QED) is 0.596. The van der Waals surface area contributed by atoms with Crippen molar-refractivity contribution in [3.05, 3.63) is 18.0 Å². The van der Waals surface area contributed by atoms with Gasteiger partial charge < -0.3 is 5.32 Å². The Morgan fingerprint density at radius 2 is 2.14 bits per heavy atom. The first-order valence-electron chi connectivity index (χ1n) is 3.74. The van der Waals surface area contributed by atoms with Crippen LogP contribution in [0.3, 0.4) is 0 Å². The van der Waals surface area contributed by atoms with Crippen molar-refractivity contribution >= 4 is 18.6 Å². The summed E-state index contributed by atoms with van der Waals surface area (Å²) in [6.45, 7) is 1.66.